The zero-order valence-electron chi connectivity index (χ0n) is 17.6. The highest BCUT2D eigenvalue weighted by atomic mass is 16.5. The monoisotopic (exact) mass is 452 g/mol. The van der Waals surface area contributed by atoms with Gasteiger partial charge in [0.2, 0.25) is 5.91 Å². The molecule has 33 heavy (non-hydrogen) atoms. The van der Waals surface area contributed by atoms with Crippen LogP contribution >= 0.6 is 0 Å². The molecule has 0 spiro atoms. The number of fused-ring (bicyclic) bond motifs is 2. The number of nitrogens with zero attached hydrogens (tertiary/aromatic N) is 2. The smallest absolute Gasteiger partial charge is 0.306 e. The molecule has 0 unspecified atom stereocenters. The zero-order valence-corrected chi connectivity index (χ0v) is 17.6. The molecule has 4 N–H and O–H groups in total. The van der Waals surface area contributed by atoms with Crippen molar-refractivity contribution in [2.45, 2.75) is 19.4 Å². The average molecular weight is 452 g/mol. The van der Waals surface area contributed by atoms with Gasteiger partial charge in [-0.1, -0.05) is 6.07 Å². The van der Waals surface area contributed by atoms with E-state index < -0.39 is 17.8 Å². The third kappa shape index (κ3) is 4.89. The molecule has 0 fully saturated rings. The zero-order chi connectivity index (χ0) is 23.4. The van der Waals surface area contributed by atoms with Gasteiger partial charge in [0.25, 0.3) is 11.8 Å². The minimum absolute atomic E-state index is 0.0311. The molecule has 0 bridgehead atoms. The Morgan fingerprint density at radius 1 is 1.21 bits per heavy atom. The largest absolute Gasteiger partial charge is 0.482 e. The highest BCUT2D eigenvalue weighted by Crippen LogP contribution is 2.28. The molecule has 0 radical (unpaired) electrons. The molecule has 0 aliphatic carbocycles. The van der Waals surface area contributed by atoms with Crippen LogP contribution in [0, 0.1) is 0 Å². The van der Waals surface area contributed by atoms with Crippen molar-refractivity contribution in [1.29, 1.82) is 0 Å². The third-order valence-corrected chi connectivity index (χ3v) is 4.87. The Morgan fingerprint density at radius 3 is 2.88 bits per heavy atom. The van der Waals surface area contributed by atoms with Crippen LogP contribution in [0.2, 0.25) is 0 Å². The summed E-state index contributed by atoms with van der Waals surface area (Å²) in [7, 11) is 1.25. The van der Waals surface area contributed by atoms with Gasteiger partial charge in [-0.3, -0.25) is 19.2 Å². The van der Waals surface area contributed by atoms with Crippen LogP contribution in [0.3, 0.4) is 0 Å². The van der Waals surface area contributed by atoms with Crippen molar-refractivity contribution in [2.24, 2.45) is 0 Å². The van der Waals surface area contributed by atoms with E-state index in [0.29, 0.717) is 28.2 Å². The van der Waals surface area contributed by atoms with Crippen LogP contribution in [0.15, 0.2) is 30.7 Å². The standard InChI is InChI=1S/C21H20N6O6/c1-32-17(30)5-4-15(28)27-13-8-22-19-18(13)24-10-25-20(19)21(31)23-7-11-2-3-14-12(6-11)26-16(29)9-33-14/h2-3,6,8,10,22H,4-5,7,9H2,1H3,(H,23,31)(H,26,29)(H,27,28). The average Bonchev–Trinajstić information content (AvgIpc) is 3.23. The van der Waals surface area contributed by atoms with E-state index in [1.807, 2.05) is 0 Å². The van der Waals surface area contributed by atoms with Gasteiger partial charge in [0.1, 0.15) is 17.6 Å². The molecule has 1 aromatic carbocycles. The van der Waals surface area contributed by atoms with Crippen LogP contribution in [0.25, 0.3) is 11.0 Å². The van der Waals surface area contributed by atoms with E-state index in [1.54, 1.807) is 18.2 Å². The molecule has 12 heteroatoms. The van der Waals surface area contributed by atoms with Crippen molar-refractivity contribution < 1.29 is 28.7 Å². The van der Waals surface area contributed by atoms with E-state index in [-0.39, 0.29) is 37.6 Å². The van der Waals surface area contributed by atoms with E-state index in [4.69, 9.17) is 4.74 Å². The lowest BCUT2D eigenvalue weighted by atomic mass is 10.1. The maximum Gasteiger partial charge on any atom is 0.306 e. The molecule has 3 heterocycles. The molecule has 1 aliphatic heterocycles. The third-order valence-electron chi connectivity index (χ3n) is 4.87. The maximum atomic E-state index is 12.8. The second kappa shape index (κ2) is 9.34. The van der Waals surface area contributed by atoms with Gasteiger partial charge < -0.3 is 30.4 Å². The van der Waals surface area contributed by atoms with Gasteiger partial charge in [0, 0.05) is 19.2 Å². The summed E-state index contributed by atoms with van der Waals surface area (Å²) in [6, 6.07) is 5.22. The number of amides is 3. The van der Waals surface area contributed by atoms with Crippen LogP contribution in [-0.2, 0) is 25.7 Å². The summed E-state index contributed by atoms with van der Waals surface area (Å²) < 4.78 is 9.84. The molecule has 0 atom stereocenters. The lowest BCUT2D eigenvalue weighted by Crippen LogP contribution is -2.26. The number of hydrogen-bond donors (Lipinski definition) is 4. The normalized spacial score (nSPS) is 12.3. The van der Waals surface area contributed by atoms with Gasteiger partial charge in [-0.2, -0.15) is 0 Å². The fourth-order valence-electron chi connectivity index (χ4n) is 3.24. The summed E-state index contributed by atoms with van der Waals surface area (Å²) in [5, 5.41) is 8.15. The first-order chi connectivity index (χ1) is 15.9. The minimum Gasteiger partial charge on any atom is -0.482 e. The molecule has 3 aromatic rings. The summed E-state index contributed by atoms with van der Waals surface area (Å²) in [5.41, 5.74) is 2.47. The number of H-pyrrole nitrogens is 1. The summed E-state index contributed by atoms with van der Waals surface area (Å²) in [5.74, 6) is -1.01. The SMILES string of the molecule is COC(=O)CCC(=O)Nc1c[nH]c2c(C(=O)NCc3ccc4c(c3)NC(=O)CO4)ncnc12. The minimum atomic E-state index is -0.487. The molecule has 1 aliphatic rings. The highest BCUT2D eigenvalue weighted by molar-refractivity contribution is 6.08. The number of benzene rings is 1. The van der Waals surface area contributed by atoms with Crippen LogP contribution < -0.4 is 20.7 Å². The van der Waals surface area contributed by atoms with Gasteiger partial charge in [-0.05, 0) is 17.7 Å². The van der Waals surface area contributed by atoms with E-state index >= 15 is 0 Å². The Hall–Kier alpha value is -4.48. The Labute approximate surface area is 187 Å². The van der Waals surface area contributed by atoms with E-state index in [1.165, 1.54) is 19.6 Å². The summed E-state index contributed by atoms with van der Waals surface area (Å²) in [4.78, 5) is 58.6. The number of hydrogen-bond acceptors (Lipinski definition) is 8. The van der Waals surface area contributed by atoms with Crippen molar-refractivity contribution in [3.63, 3.8) is 0 Å². The van der Waals surface area contributed by atoms with Gasteiger partial charge >= 0.3 is 5.97 Å². The summed E-state index contributed by atoms with van der Waals surface area (Å²) in [6.07, 6.45) is 2.62. The predicted octanol–water partition coefficient (Wildman–Crippen LogP) is 1.11. The second-order valence-corrected chi connectivity index (χ2v) is 7.12. The van der Waals surface area contributed by atoms with Crippen LogP contribution in [-0.4, -0.2) is 52.4 Å². The molecule has 4 rings (SSSR count). The number of aromatic nitrogens is 3. The van der Waals surface area contributed by atoms with Gasteiger partial charge in [-0.25, -0.2) is 9.97 Å². The number of aromatic amines is 1. The van der Waals surface area contributed by atoms with Crippen molar-refractivity contribution in [2.75, 3.05) is 24.4 Å². The van der Waals surface area contributed by atoms with Gasteiger partial charge in [0.05, 0.1) is 30.4 Å². The van der Waals surface area contributed by atoms with E-state index in [2.05, 4.69) is 35.6 Å². The first-order valence-electron chi connectivity index (χ1n) is 9.97. The second-order valence-electron chi connectivity index (χ2n) is 7.12. The number of rotatable bonds is 7. The Balaban J connectivity index is 1.43. The lowest BCUT2D eigenvalue weighted by Gasteiger charge is -2.18. The van der Waals surface area contributed by atoms with Crippen molar-refractivity contribution in [3.05, 3.63) is 42.0 Å². The molecular weight excluding hydrogens is 432 g/mol. The van der Waals surface area contributed by atoms with E-state index in [0.717, 1.165) is 5.56 Å². The van der Waals surface area contributed by atoms with Gasteiger partial charge in [0.15, 0.2) is 12.3 Å². The lowest BCUT2D eigenvalue weighted by molar-refractivity contribution is -0.141. The number of carbonyl (C=O) groups is 4. The molecule has 0 saturated heterocycles. The number of carbonyl (C=O) groups excluding carboxylic acids is 4. The molecule has 0 saturated carbocycles. The Morgan fingerprint density at radius 2 is 2.06 bits per heavy atom. The number of esters is 1. The Bertz CT molecular complexity index is 1250. The number of methoxy groups -OCH3 is 1. The van der Waals surface area contributed by atoms with Gasteiger partial charge in [-0.15, -0.1) is 0 Å². The number of nitrogens with one attached hydrogen (secondary N) is 4. The summed E-state index contributed by atoms with van der Waals surface area (Å²) >= 11 is 0. The fraction of sp³-hybridized carbons (Fsp3) is 0.238. The topological polar surface area (TPSA) is 164 Å². The van der Waals surface area contributed by atoms with Crippen molar-refractivity contribution in [1.82, 2.24) is 20.3 Å². The quantitative estimate of drug-likeness (QED) is 0.387. The first kappa shape index (κ1) is 21.7. The van der Waals surface area contributed by atoms with Crippen LogP contribution in [0.1, 0.15) is 28.9 Å². The Kier molecular flexibility index (Phi) is 6.15. The molecule has 12 nitrogen and oxygen atoms in total. The molecule has 170 valence electrons. The number of ether oxygens (including phenoxy) is 2. The molecular formula is C21H20N6O6. The first-order valence-corrected chi connectivity index (χ1v) is 9.97. The predicted molar refractivity (Wildman–Crippen MR) is 116 cm³/mol. The van der Waals surface area contributed by atoms with Crippen molar-refractivity contribution in [3.8, 4) is 5.75 Å². The maximum absolute atomic E-state index is 12.8. The van der Waals surface area contributed by atoms with Crippen LogP contribution in [0.5, 0.6) is 5.75 Å². The highest BCUT2D eigenvalue weighted by Gasteiger charge is 2.19. The fourth-order valence-corrected chi connectivity index (χ4v) is 3.24. The van der Waals surface area contributed by atoms with Crippen molar-refractivity contribution >= 4 is 46.1 Å². The van der Waals surface area contributed by atoms with E-state index in [9.17, 15) is 19.2 Å². The molecule has 2 aromatic heterocycles. The molecule has 3 amide bonds. The van der Waals surface area contributed by atoms with Crippen LogP contribution in [0.4, 0.5) is 11.4 Å². The summed E-state index contributed by atoms with van der Waals surface area (Å²) in [6.45, 7) is 0.155. The number of anilines is 2.